The third kappa shape index (κ3) is 3.09. The maximum atomic E-state index is 11.2. The quantitative estimate of drug-likeness (QED) is 0.507. The number of amides is 1. The molecule has 13 heavy (non-hydrogen) atoms. The average Bonchev–Trinajstić information content (AvgIpc) is 2.06. The van der Waals surface area contributed by atoms with E-state index in [1.807, 2.05) is 0 Å². The molecule has 1 rings (SSSR count). The predicted molar refractivity (Wildman–Crippen MR) is 52.5 cm³/mol. The van der Waals surface area contributed by atoms with Crippen LogP contribution in [0.2, 0.25) is 0 Å². The molecule has 74 valence electrons. The minimum absolute atomic E-state index is 0.373. The summed E-state index contributed by atoms with van der Waals surface area (Å²) in [7, 11) is 2.84. The summed E-state index contributed by atoms with van der Waals surface area (Å²) >= 11 is 0. The van der Waals surface area contributed by atoms with Crippen LogP contribution in [0, 0.1) is 0 Å². The second kappa shape index (κ2) is 4.73. The molecule has 0 spiro atoms. The van der Waals surface area contributed by atoms with Crippen LogP contribution in [0.25, 0.3) is 0 Å². The van der Waals surface area contributed by atoms with Gasteiger partial charge in [-0.05, 0) is 0 Å². The molecule has 1 aliphatic rings. The second-order valence-electron chi connectivity index (χ2n) is 2.57. The van der Waals surface area contributed by atoms with Crippen LogP contribution in [0.15, 0.2) is 0 Å². The molecule has 1 heterocycles. The minimum atomic E-state index is -1.02. The molecule has 0 aromatic carbocycles. The van der Waals surface area contributed by atoms with Gasteiger partial charge in [-0.25, -0.2) is 4.79 Å². The van der Waals surface area contributed by atoms with Crippen LogP contribution in [0.3, 0.4) is 0 Å². The van der Waals surface area contributed by atoms with Gasteiger partial charge in [0.2, 0.25) is 5.91 Å². The highest BCUT2D eigenvalue weighted by molar-refractivity contribution is 8.76. The number of carbonyl (C=O) groups is 2. The molecule has 1 amide bonds. The van der Waals surface area contributed by atoms with E-state index in [4.69, 9.17) is 10.8 Å². The van der Waals surface area contributed by atoms with Gasteiger partial charge in [-0.1, -0.05) is 21.6 Å². The van der Waals surface area contributed by atoms with Crippen LogP contribution in [0.4, 0.5) is 0 Å². The molecule has 7 heteroatoms. The number of carboxylic acid groups (broad SMARTS) is 1. The predicted octanol–water partition coefficient (Wildman–Crippen LogP) is -0.722. The molecule has 4 N–H and O–H groups in total. The van der Waals surface area contributed by atoms with Gasteiger partial charge in [0.15, 0.2) is 0 Å². The van der Waals surface area contributed by atoms with Crippen molar-refractivity contribution in [2.75, 3.05) is 11.5 Å². The lowest BCUT2D eigenvalue weighted by molar-refractivity contribution is -0.141. The van der Waals surface area contributed by atoms with Gasteiger partial charge in [0.25, 0.3) is 0 Å². The Bertz CT molecular complexity index is 224. The molecule has 0 aromatic rings. The molecule has 0 radical (unpaired) electrons. The van der Waals surface area contributed by atoms with Crippen LogP contribution in [0.1, 0.15) is 0 Å². The summed E-state index contributed by atoms with van der Waals surface area (Å²) in [6, 6.07) is -1.43. The Labute approximate surface area is 83.2 Å². The Morgan fingerprint density at radius 1 is 1.54 bits per heavy atom. The van der Waals surface area contributed by atoms with Crippen LogP contribution in [0.5, 0.6) is 0 Å². The molecule has 2 atom stereocenters. The molecule has 1 fully saturated rings. The number of nitrogens with one attached hydrogen (secondary N) is 1. The Kier molecular flexibility index (Phi) is 3.89. The Morgan fingerprint density at radius 3 is 2.77 bits per heavy atom. The zero-order valence-electron chi connectivity index (χ0n) is 6.73. The lowest BCUT2D eigenvalue weighted by Gasteiger charge is -2.20. The Hall–Kier alpha value is -0.400. The molecule has 0 aromatic heterocycles. The first-order chi connectivity index (χ1) is 6.11. The van der Waals surface area contributed by atoms with Crippen LogP contribution < -0.4 is 11.1 Å². The number of hydrogen-bond donors (Lipinski definition) is 3. The van der Waals surface area contributed by atoms with Crippen molar-refractivity contribution in [2.24, 2.45) is 5.73 Å². The fourth-order valence-corrected chi connectivity index (χ4v) is 3.04. The topological polar surface area (TPSA) is 92.4 Å². The van der Waals surface area contributed by atoms with Gasteiger partial charge in [-0.3, -0.25) is 4.79 Å². The molecule has 0 bridgehead atoms. The summed E-state index contributed by atoms with van der Waals surface area (Å²) < 4.78 is 0. The van der Waals surface area contributed by atoms with E-state index in [2.05, 4.69) is 5.32 Å². The van der Waals surface area contributed by atoms with Gasteiger partial charge in [-0.2, -0.15) is 0 Å². The third-order valence-electron chi connectivity index (χ3n) is 1.52. The van der Waals surface area contributed by atoms with Gasteiger partial charge >= 0.3 is 5.97 Å². The van der Waals surface area contributed by atoms with Gasteiger partial charge in [0.05, 0.1) is 6.04 Å². The maximum Gasteiger partial charge on any atom is 0.327 e. The van der Waals surface area contributed by atoms with Crippen molar-refractivity contribution in [3.63, 3.8) is 0 Å². The average molecular weight is 222 g/mol. The molecule has 0 saturated carbocycles. The first-order valence-electron chi connectivity index (χ1n) is 3.64. The third-order valence-corrected chi connectivity index (χ3v) is 3.96. The Balaban J connectivity index is 2.58. The van der Waals surface area contributed by atoms with Gasteiger partial charge in [0.1, 0.15) is 6.04 Å². The molecule has 0 aliphatic carbocycles. The summed E-state index contributed by atoms with van der Waals surface area (Å²) in [6.45, 7) is 0. The summed E-state index contributed by atoms with van der Waals surface area (Å²) in [5.74, 6) is -0.517. The molecule has 0 unspecified atom stereocenters. The van der Waals surface area contributed by atoms with Crippen molar-refractivity contribution in [2.45, 2.75) is 12.1 Å². The van der Waals surface area contributed by atoms with E-state index < -0.39 is 18.1 Å². The minimum Gasteiger partial charge on any atom is -0.480 e. The summed E-state index contributed by atoms with van der Waals surface area (Å²) in [5, 5.41) is 11.1. The van der Waals surface area contributed by atoms with E-state index in [-0.39, 0.29) is 5.91 Å². The van der Waals surface area contributed by atoms with Crippen molar-refractivity contribution in [3.05, 3.63) is 0 Å². The lowest BCUT2D eigenvalue weighted by atomic mass is 10.3. The van der Waals surface area contributed by atoms with E-state index >= 15 is 0 Å². The molecule has 5 nitrogen and oxygen atoms in total. The van der Waals surface area contributed by atoms with E-state index in [1.165, 1.54) is 21.6 Å². The number of rotatable bonds is 1. The van der Waals surface area contributed by atoms with Crippen molar-refractivity contribution >= 4 is 33.5 Å². The van der Waals surface area contributed by atoms with E-state index in [1.54, 1.807) is 0 Å². The van der Waals surface area contributed by atoms with Gasteiger partial charge in [-0.15, -0.1) is 0 Å². The number of carboxylic acids is 1. The first kappa shape index (κ1) is 10.7. The lowest BCUT2D eigenvalue weighted by Crippen LogP contribution is -2.51. The van der Waals surface area contributed by atoms with Gasteiger partial charge < -0.3 is 16.2 Å². The van der Waals surface area contributed by atoms with Crippen LogP contribution in [-0.2, 0) is 9.59 Å². The summed E-state index contributed by atoms with van der Waals surface area (Å²) in [5.41, 5.74) is 5.47. The highest BCUT2D eigenvalue weighted by Gasteiger charge is 2.25. The zero-order valence-corrected chi connectivity index (χ0v) is 8.36. The van der Waals surface area contributed by atoms with Crippen LogP contribution in [-0.4, -0.2) is 40.6 Å². The molecule has 1 saturated heterocycles. The van der Waals surface area contributed by atoms with E-state index in [0.717, 1.165) is 0 Å². The summed E-state index contributed by atoms with van der Waals surface area (Å²) in [6.07, 6.45) is 0. The van der Waals surface area contributed by atoms with Crippen molar-refractivity contribution in [1.29, 1.82) is 0 Å². The fourth-order valence-electron chi connectivity index (χ4n) is 0.767. The standard InChI is InChI=1S/C6H10N2O3S2/c7-3-1-12-13-2-4(6(10)11)8-5(3)9/h3-4H,1-2,7H2,(H,8,9)(H,10,11)/t3-,4-/m1/s1. The van der Waals surface area contributed by atoms with Crippen LogP contribution >= 0.6 is 21.6 Å². The normalized spacial score (nSPS) is 30.1. The number of nitrogens with two attached hydrogens (primary N) is 1. The second-order valence-corrected chi connectivity index (χ2v) is 5.13. The highest BCUT2D eigenvalue weighted by atomic mass is 33.1. The monoisotopic (exact) mass is 222 g/mol. The SMILES string of the molecule is N[C@@H]1CSSC[C@H](C(=O)O)NC1=O. The van der Waals surface area contributed by atoms with Crippen molar-refractivity contribution in [1.82, 2.24) is 5.32 Å². The summed E-state index contributed by atoms with van der Waals surface area (Å²) in [4.78, 5) is 21.8. The van der Waals surface area contributed by atoms with Crippen molar-refractivity contribution < 1.29 is 14.7 Å². The fraction of sp³-hybridized carbons (Fsp3) is 0.667. The maximum absolute atomic E-state index is 11.2. The Morgan fingerprint density at radius 2 is 2.15 bits per heavy atom. The largest absolute Gasteiger partial charge is 0.480 e. The number of carbonyl (C=O) groups excluding carboxylic acids is 1. The van der Waals surface area contributed by atoms with Crippen molar-refractivity contribution in [3.8, 4) is 0 Å². The number of aliphatic carboxylic acids is 1. The van der Waals surface area contributed by atoms with E-state index in [9.17, 15) is 9.59 Å². The van der Waals surface area contributed by atoms with Gasteiger partial charge in [0, 0.05) is 11.5 Å². The number of hydrogen-bond acceptors (Lipinski definition) is 5. The molecular formula is C6H10N2O3S2. The smallest absolute Gasteiger partial charge is 0.327 e. The molecular weight excluding hydrogens is 212 g/mol. The first-order valence-corrected chi connectivity index (χ1v) is 6.13. The zero-order chi connectivity index (χ0) is 9.84. The van der Waals surface area contributed by atoms with E-state index in [0.29, 0.717) is 11.5 Å². The molecule has 1 aliphatic heterocycles. The highest BCUT2D eigenvalue weighted by Crippen LogP contribution is 2.24.